The Hall–Kier alpha value is -1.40. The van der Waals surface area contributed by atoms with Crippen LogP contribution in [0.4, 0.5) is 0 Å². The Balaban J connectivity index is 1.50. The number of nitrogens with zero attached hydrogens (tertiary/aromatic N) is 2. The molecule has 0 bridgehead atoms. The van der Waals surface area contributed by atoms with Crippen molar-refractivity contribution in [1.82, 2.24) is 9.80 Å². The van der Waals surface area contributed by atoms with Gasteiger partial charge in [-0.3, -0.25) is 14.5 Å². The van der Waals surface area contributed by atoms with Gasteiger partial charge < -0.3 is 10.6 Å². The van der Waals surface area contributed by atoms with Crippen LogP contribution < -0.4 is 5.73 Å². The van der Waals surface area contributed by atoms with Gasteiger partial charge in [0, 0.05) is 17.8 Å². The lowest BCUT2D eigenvalue weighted by Crippen LogP contribution is -2.43. The molecule has 0 radical (unpaired) electrons. The Morgan fingerprint density at radius 3 is 2.65 bits per heavy atom. The summed E-state index contributed by atoms with van der Waals surface area (Å²) < 4.78 is 0. The average Bonchev–Trinajstić information content (AvgIpc) is 3.19. The summed E-state index contributed by atoms with van der Waals surface area (Å²) in [4.78, 5) is 29.3. The van der Waals surface area contributed by atoms with Crippen LogP contribution in [-0.2, 0) is 9.59 Å². The highest BCUT2D eigenvalue weighted by atomic mass is 32.1. The Morgan fingerprint density at radius 1 is 1.22 bits per heavy atom. The van der Waals surface area contributed by atoms with E-state index in [9.17, 15) is 9.59 Å². The van der Waals surface area contributed by atoms with Gasteiger partial charge in [-0.25, -0.2) is 0 Å². The van der Waals surface area contributed by atoms with Crippen LogP contribution in [0.15, 0.2) is 17.5 Å². The first kappa shape index (κ1) is 16.5. The third-order valence-electron chi connectivity index (χ3n) is 5.00. The second-order valence-electron chi connectivity index (χ2n) is 6.65. The maximum Gasteiger partial charge on any atom is 0.237 e. The number of thiophene rings is 1. The molecule has 23 heavy (non-hydrogen) atoms. The second kappa shape index (κ2) is 7.45. The van der Waals surface area contributed by atoms with Crippen molar-refractivity contribution in [3.63, 3.8) is 0 Å². The van der Waals surface area contributed by atoms with Gasteiger partial charge in [-0.1, -0.05) is 6.07 Å². The van der Waals surface area contributed by atoms with E-state index >= 15 is 0 Å². The van der Waals surface area contributed by atoms with E-state index in [2.05, 4.69) is 27.3 Å². The van der Waals surface area contributed by atoms with Crippen molar-refractivity contribution < 1.29 is 9.59 Å². The van der Waals surface area contributed by atoms with E-state index in [1.54, 1.807) is 11.3 Å². The summed E-state index contributed by atoms with van der Waals surface area (Å²) in [6.45, 7) is 3.16. The number of rotatable bonds is 5. The molecule has 2 N–H and O–H groups in total. The van der Waals surface area contributed by atoms with Crippen LogP contribution >= 0.6 is 11.3 Å². The van der Waals surface area contributed by atoms with E-state index < -0.39 is 0 Å². The molecule has 2 fully saturated rings. The van der Waals surface area contributed by atoms with Gasteiger partial charge in [-0.15, -0.1) is 11.3 Å². The summed E-state index contributed by atoms with van der Waals surface area (Å²) in [6, 6.07) is 4.47. The highest BCUT2D eigenvalue weighted by Crippen LogP contribution is 2.34. The smallest absolute Gasteiger partial charge is 0.237 e. The van der Waals surface area contributed by atoms with Crippen LogP contribution in [0.2, 0.25) is 0 Å². The molecule has 126 valence electrons. The fourth-order valence-corrected chi connectivity index (χ4v) is 4.63. The molecular weight excluding hydrogens is 310 g/mol. The number of hydrogen-bond donors (Lipinski definition) is 1. The predicted molar refractivity (Wildman–Crippen MR) is 91.0 cm³/mol. The zero-order valence-corrected chi connectivity index (χ0v) is 14.3. The molecule has 3 rings (SSSR count). The second-order valence-corrected chi connectivity index (χ2v) is 7.63. The quantitative estimate of drug-likeness (QED) is 0.895. The van der Waals surface area contributed by atoms with Crippen molar-refractivity contribution in [2.24, 2.45) is 11.7 Å². The lowest BCUT2D eigenvalue weighted by atomic mass is 9.93. The molecule has 2 saturated heterocycles. The van der Waals surface area contributed by atoms with Crippen LogP contribution in [0, 0.1) is 5.92 Å². The molecule has 2 aliphatic heterocycles. The van der Waals surface area contributed by atoms with Gasteiger partial charge >= 0.3 is 0 Å². The molecule has 1 aromatic heterocycles. The van der Waals surface area contributed by atoms with Crippen molar-refractivity contribution >= 4 is 23.2 Å². The molecule has 0 spiro atoms. The van der Waals surface area contributed by atoms with Gasteiger partial charge in [0.05, 0.1) is 12.6 Å². The van der Waals surface area contributed by atoms with E-state index in [0.29, 0.717) is 18.9 Å². The lowest BCUT2D eigenvalue weighted by Gasteiger charge is -2.33. The standard InChI is InChI=1S/C17H25N3O2S/c18-16(21)11-13-5-8-19(9-6-13)12-17(22)20-7-1-3-14(20)15-4-2-10-23-15/h2,4,10,13-14H,1,3,5-9,11-12H2,(H2,18,21)/t14-/m0/s1. The molecule has 1 atom stereocenters. The minimum Gasteiger partial charge on any atom is -0.370 e. The summed E-state index contributed by atoms with van der Waals surface area (Å²) in [7, 11) is 0. The van der Waals surface area contributed by atoms with E-state index in [1.165, 1.54) is 4.88 Å². The molecule has 0 saturated carbocycles. The van der Waals surface area contributed by atoms with Crippen molar-refractivity contribution in [2.75, 3.05) is 26.2 Å². The van der Waals surface area contributed by atoms with Gasteiger partial charge in [0.15, 0.2) is 0 Å². The average molecular weight is 335 g/mol. The maximum absolute atomic E-state index is 12.7. The van der Waals surface area contributed by atoms with E-state index in [4.69, 9.17) is 5.73 Å². The summed E-state index contributed by atoms with van der Waals surface area (Å²) >= 11 is 1.74. The number of nitrogens with two attached hydrogens (primary N) is 1. The number of piperidine rings is 1. The number of amides is 2. The monoisotopic (exact) mass is 335 g/mol. The highest BCUT2D eigenvalue weighted by molar-refractivity contribution is 7.10. The van der Waals surface area contributed by atoms with Gasteiger partial charge in [0.2, 0.25) is 11.8 Å². The molecule has 3 heterocycles. The SMILES string of the molecule is NC(=O)CC1CCN(CC(=O)N2CCC[C@H]2c2cccs2)CC1. The number of likely N-dealkylation sites (tertiary alicyclic amines) is 2. The molecule has 5 nitrogen and oxygen atoms in total. The Morgan fingerprint density at radius 2 is 2.00 bits per heavy atom. The maximum atomic E-state index is 12.7. The van der Waals surface area contributed by atoms with Gasteiger partial charge in [0.1, 0.15) is 0 Å². The Kier molecular flexibility index (Phi) is 5.33. The highest BCUT2D eigenvalue weighted by Gasteiger charge is 2.32. The molecule has 1 aromatic rings. The zero-order chi connectivity index (χ0) is 16.2. The number of primary amides is 1. The van der Waals surface area contributed by atoms with E-state index in [1.807, 2.05) is 0 Å². The number of carbonyl (C=O) groups is 2. The first-order chi connectivity index (χ1) is 11.1. The van der Waals surface area contributed by atoms with Crippen molar-refractivity contribution in [3.05, 3.63) is 22.4 Å². The van der Waals surface area contributed by atoms with Crippen LogP contribution in [-0.4, -0.2) is 47.8 Å². The first-order valence-corrected chi connectivity index (χ1v) is 9.35. The third-order valence-corrected chi connectivity index (χ3v) is 5.97. The Bertz CT molecular complexity index is 538. The molecule has 2 amide bonds. The molecular formula is C17H25N3O2S. The summed E-state index contributed by atoms with van der Waals surface area (Å²) in [5, 5.41) is 2.08. The zero-order valence-electron chi connectivity index (χ0n) is 13.4. The minimum absolute atomic E-state index is 0.213. The molecule has 2 aliphatic rings. The summed E-state index contributed by atoms with van der Waals surface area (Å²) in [6.07, 6.45) is 4.57. The molecule has 6 heteroatoms. The summed E-state index contributed by atoms with van der Waals surface area (Å²) in [5.74, 6) is 0.425. The van der Waals surface area contributed by atoms with Crippen LogP contribution in [0.1, 0.15) is 43.0 Å². The first-order valence-electron chi connectivity index (χ1n) is 8.47. The number of carbonyl (C=O) groups excluding carboxylic acids is 2. The summed E-state index contributed by atoms with van der Waals surface area (Å²) in [5.41, 5.74) is 5.27. The normalized spacial score (nSPS) is 23.3. The van der Waals surface area contributed by atoms with Gasteiger partial charge in [-0.2, -0.15) is 0 Å². The molecule has 0 unspecified atom stereocenters. The predicted octanol–water partition coefficient (Wildman–Crippen LogP) is 2.00. The largest absolute Gasteiger partial charge is 0.370 e. The fourth-order valence-electron chi connectivity index (χ4n) is 3.76. The molecule has 0 aromatic carbocycles. The van der Waals surface area contributed by atoms with Gasteiger partial charge in [-0.05, 0) is 56.1 Å². The fraction of sp³-hybridized carbons (Fsp3) is 0.647. The van der Waals surface area contributed by atoms with Crippen molar-refractivity contribution in [2.45, 2.75) is 38.1 Å². The van der Waals surface area contributed by atoms with E-state index in [0.717, 1.165) is 45.3 Å². The van der Waals surface area contributed by atoms with Crippen LogP contribution in [0.3, 0.4) is 0 Å². The van der Waals surface area contributed by atoms with Gasteiger partial charge in [0.25, 0.3) is 0 Å². The lowest BCUT2D eigenvalue weighted by molar-refractivity contribution is -0.134. The van der Waals surface area contributed by atoms with Crippen LogP contribution in [0.5, 0.6) is 0 Å². The minimum atomic E-state index is -0.213. The molecule has 0 aliphatic carbocycles. The van der Waals surface area contributed by atoms with Crippen molar-refractivity contribution in [3.8, 4) is 0 Å². The van der Waals surface area contributed by atoms with E-state index in [-0.39, 0.29) is 17.9 Å². The topological polar surface area (TPSA) is 66.6 Å². The van der Waals surface area contributed by atoms with Crippen molar-refractivity contribution in [1.29, 1.82) is 0 Å². The Labute approximate surface area is 141 Å². The number of hydrogen-bond acceptors (Lipinski definition) is 4. The van der Waals surface area contributed by atoms with Crippen LogP contribution in [0.25, 0.3) is 0 Å². The third kappa shape index (κ3) is 4.12.